The van der Waals surface area contributed by atoms with Gasteiger partial charge in [-0.2, -0.15) is 0 Å². The van der Waals surface area contributed by atoms with Crippen LogP contribution in [0.1, 0.15) is 6.92 Å². The fraction of sp³-hybridized carbons (Fsp3) is 0.133. The summed E-state index contributed by atoms with van der Waals surface area (Å²) in [6.07, 6.45) is 3.23. The average Bonchev–Trinajstić information content (AvgIpc) is 2.52. The van der Waals surface area contributed by atoms with Gasteiger partial charge < -0.3 is 10.1 Å². The highest BCUT2D eigenvalue weighted by atomic mass is 79.9. The first kappa shape index (κ1) is 13.8. The fourth-order valence-electron chi connectivity index (χ4n) is 1.98. The Bertz CT molecular complexity index is 773. The molecular weight excluding hydrogens is 332 g/mol. The van der Waals surface area contributed by atoms with Gasteiger partial charge in [0.15, 0.2) is 0 Å². The van der Waals surface area contributed by atoms with Crippen molar-refractivity contribution in [1.29, 1.82) is 0 Å². The first-order valence-electron chi connectivity index (χ1n) is 6.55. The van der Waals surface area contributed by atoms with Crippen LogP contribution >= 0.6 is 15.9 Å². The number of halogens is 1. The lowest BCUT2D eigenvalue weighted by Crippen LogP contribution is -2.02. The standard InChI is InChI=1S/C15H13BrN4O/c1-2-17-14-13(16)15(20-9-19-14)21-12-7-3-6-11-10(12)5-4-8-18-11/h3-9H,2H2,1H3,(H,17,19,20). The summed E-state index contributed by atoms with van der Waals surface area (Å²) >= 11 is 3.48. The van der Waals surface area contributed by atoms with Crippen LogP contribution in [0.4, 0.5) is 5.82 Å². The number of hydrogen-bond acceptors (Lipinski definition) is 5. The molecule has 21 heavy (non-hydrogen) atoms. The Balaban J connectivity index is 2.01. The van der Waals surface area contributed by atoms with Crippen molar-refractivity contribution in [3.05, 3.63) is 47.3 Å². The molecule has 3 rings (SSSR count). The number of anilines is 1. The highest BCUT2D eigenvalue weighted by Crippen LogP contribution is 2.34. The molecule has 0 amide bonds. The molecule has 1 N–H and O–H groups in total. The Morgan fingerprint density at radius 3 is 2.90 bits per heavy atom. The van der Waals surface area contributed by atoms with Crippen LogP contribution in [0.25, 0.3) is 10.9 Å². The van der Waals surface area contributed by atoms with Gasteiger partial charge in [-0.05, 0) is 47.1 Å². The largest absolute Gasteiger partial charge is 0.437 e. The molecule has 2 heterocycles. The second-order valence-electron chi connectivity index (χ2n) is 4.30. The van der Waals surface area contributed by atoms with Gasteiger partial charge in [0, 0.05) is 18.1 Å². The van der Waals surface area contributed by atoms with Gasteiger partial charge >= 0.3 is 0 Å². The van der Waals surface area contributed by atoms with Gasteiger partial charge in [-0.25, -0.2) is 9.97 Å². The van der Waals surface area contributed by atoms with Crippen molar-refractivity contribution < 1.29 is 4.74 Å². The zero-order valence-corrected chi connectivity index (χ0v) is 13.0. The lowest BCUT2D eigenvalue weighted by Gasteiger charge is -2.11. The molecule has 5 nitrogen and oxygen atoms in total. The normalized spacial score (nSPS) is 10.6. The van der Waals surface area contributed by atoms with E-state index in [4.69, 9.17) is 4.74 Å². The fourth-order valence-corrected chi connectivity index (χ4v) is 2.41. The van der Waals surface area contributed by atoms with E-state index >= 15 is 0 Å². The minimum atomic E-state index is 0.470. The summed E-state index contributed by atoms with van der Waals surface area (Å²) in [5, 5.41) is 4.09. The molecule has 2 aromatic heterocycles. The smallest absolute Gasteiger partial charge is 0.238 e. The van der Waals surface area contributed by atoms with Crippen molar-refractivity contribution >= 4 is 32.7 Å². The molecule has 0 atom stereocenters. The van der Waals surface area contributed by atoms with Gasteiger partial charge in [0.2, 0.25) is 5.88 Å². The second-order valence-corrected chi connectivity index (χ2v) is 5.09. The molecule has 0 aliphatic carbocycles. The highest BCUT2D eigenvalue weighted by molar-refractivity contribution is 9.10. The zero-order chi connectivity index (χ0) is 14.7. The lowest BCUT2D eigenvalue weighted by molar-refractivity contribution is 0.463. The number of nitrogens with one attached hydrogen (secondary N) is 1. The predicted molar refractivity (Wildman–Crippen MR) is 85.7 cm³/mol. The third-order valence-electron chi connectivity index (χ3n) is 2.91. The second kappa shape index (κ2) is 6.05. The quantitative estimate of drug-likeness (QED) is 0.774. The number of fused-ring (bicyclic) bond motifs is 1. The van der Waals surface area contributed by atoms with E-state index in [1.807, 2.05) is 37.3 Å². The van der Waals surface area contributed by atoms with Crippen LogP contribution < -0.4 is 10.1 Å². The summed E-state index contributed by atoms with van der Waals surface area (Å²) in [5.74, 6) is 1.89. The van der Waals surface area contributed by atoms with Crippen molar-refractivity contribution in [2.45, 2.75) is 6.92 Å². The highest BCUT2D eigenvalue weighted by Gasteiger charge is 2.11. The number of pyridine rings is 1. The zero-order valence-electron chi connectivity index (χ0n) is 11.4. The van der Waals surface area contributed by atoms with Crippen LogP contribution in [-0.4, -0.2) is 21.5 Å². The van der Waals surface area contributed by atoms with E-state index in [9.17, 15) is 0 Å². The molecule has 0 radical (unpaired) electrons. The number of aromatic nitrogens is 3. The first-order chi connectivity index (χ1) is 10.3. The molecule has 0 bridgehead atoms. The molecule has 0 saturated heterocycles. The van der Waals surface area contributed by atoms with Gasteiger partial charge in [-0.1, -0.05) is 6.07 Å². The summed E-state index contributed by atoms with van der Waals surface area (Å²) in [5.41, 5.74) is 0.882. The minimum absolute atomic E-state index is 0.470. The average molecular weight is 345 g/mol. The van der Waals surface area contributed by atoms with E-state index < -0.39 is 0 Å². The van der Waals surface area contributed by atoms with E-state index in [1.54, 1.807) is 6.20 Å². The molecule has 6 heteroatoms. The third kappa shape index (κ3) is 2.80. The Hall–Kier alpha value is -2.21. The molecule has 1 aromatic carbocycles. The van der Waals surface area contributed by atoms with Crippen molar-refractivity contribution in [2.24, 2.45) is 0 Å². The molecule has 0 spiro atoms. The van der Waals surface area contributed by atoms with Gasteiger partial charge in [-0.3, -0.25) is 4.98 Å². The first-order valence-corrected chi connectivity index (χ1v) is 7.35. The Labute approximate surface area is 130 Å². The summed E-state index contributed by atoms with van der Waals surface area (Å²) < 4.78 is 6.63. The lowest BCUT2D eigenvalue weighted by atomic mass is 10.2. The van der Waals surface area contributed by atoms with E-state index in [0.29, 0.717) is 21.9 Å². The maximum atomic E-state index is 5.93. The molecule has 0 unspecified atom stereocenters. The van der Waals surface area contributed by atoms with Crippen molar-refractivity contribution in [3.8, 4) is 11.6 Å². The number of nitrogens with zero attached hydrogens (tertiary/aromatic N) is 3. The molecule has 106 valence electrons. The molecule has 3 aromatic rings. The monoisotopic (exact) mass is 344 g/mol. The van der Waals surface area contributed by atoms with Crippen LogP contribution in [0.15, 0.2) is 47.3 Å². The van der Waals surface area contributed by atoms with Gasteiger partial charge in [0.1, 0.15) is 22.4 Å². The minimum Gasteiger partial charge on any atom is -0.437 e. The Morgan fingerprint density at radius 1 is 1.14 bits per heavy atom. The molecule has 0 saturated carbocycles. The Kier molecular flexibility index (Phi) is 3.96. The van der Waals surface area contributed by atoms with E-state index in [1.165, 1.54) is 6.33 Å². The number of rotatable bonds is 4. The van der Waals surface area contributed by atoms with Gasteiger partial charge in [0.05, 0.1) is 5.52 Å². The van der Waals surface area contributed by atoms with Crippen molar-refractivity contribution in [1.82, 2.24) is 15.0 Å². The van der Waals surface area contributed by atoms with Gasteiger partial charge in [-0.15, -0.1) is 0 Å². The summed E-state index contributed by atoms with van der Waals surface area (Å²) in [6, 6.07) is 9.60. The van der Waals surface area contributed by atoms with E-state index in [0.717, 1.165) is 17.4 Å². The SMILES string of the molecule is CCNc1ncnc(Oc2cccc3ncccc23)c1Br. The molecule has 0 aliphatic rings. The van der Waals surface area contributed by atoms with Crippen LogP contribution in [0.3, 0.4) is 0 Å². The number of benzene rings is 1. The van der Waals surface area contributed by atoms with Gasteiger partial charge in [0.25, 0.3) is 0 Å². The van der Waals surface area contributed by atoms with Crippen LogP contribution in [-0.2, 0) is 0 Å². The Morgan fingerprint density at radius 2 is 2.05 bits per heavy atom. The third-order valence-corrected chi connectivity index (χ3v) is 3.63. The summed E-state index contributed by atoms with van der Waals surface area (Å²) in [6.45, 7) is 2.78. The van der Waals surface area contributed by atoms with Crippen LogP contribution in [0.2, 0.25) is 0 Å². The van der Waals surface area contributed by atoms with Crippen LogP contribution in [0.5, 0.6) is 11.6 Å². The maximum absolute atomic E-state index is 5.93. The van der Waals surface area contributed by atoms with Crippen molar-refractivity contribution in [2.75, 3.05) is 11.9 Å². The van der Waals surface area contributed by atoms with Crippen molar-refractivity contribution in [3.63, 3.8) is 0 Å². The number of ether oxygens (including phenoxy) is 1. The molecule has 0 aliphatic heterocycles. The topological polar surface area (TPSA) is 59.9 Å². The maximum Gasteiger partial charge on any atom is 0.238 e. The van der Waals surface area contributed by atoms with E-state index in [2.05, 4.69) is 36.2 Å². The molecular formula is C15H13BrN4O. The molecule has 0 fully saturated rings. The predicted octanol–water partition coefficient (Wildman–Crippen LogP) is 4.01. The van der Waals surface area contributed by atoms with Crippen LogP contribution in [0, 0.1) is 0 Å². The van der Waals surface area contributed by atoms with E-state index in [-0.39, 0.29) is 0 Å². The number of hydrogen-bond donors (Lipinski definition) is 1. The summed E-state index contributed by atoms with van der Waals surface area (Å²) in [7, 11) is 0. The summed E-state index contributed by atoms with van der Waals surface area (Å²) in [4.78, 5) is 12.7.